The van der Waals surface area contributed by atoms with E-state index >= 15 is 0 Å². The van der Waals surface area contributed by atoms with Crippen LogP contribution in [0.2, 0.25) is 0 Å². The van der Waals surface area contributed by atoms with Gasteiger partial charge >= 0.3 is 18.2 Å². The standard InChI is InChI=1S/C19H20F3N3O5/c1-18(2,3)29-17(28)23-10-4-5-13(26)14(27)11-6-8-12(9-7-11)15-24-16(30-25-15)19(20,21)22/h6-9H,4-5,10H2,1-3H3,(H,23,28). The number of hydrogen-bond acceptors (Lipinski definition) is 7. The Balaban J connectivity index is 1.87. The summed E-state index contributed by atoms with van der Waals surface area (Å²) in [4.78, 5) is 39.0. The number of benzene rings is 1. The van der Waals surface area contributed by atoms with Gasteiger partial charge < -0.3 is 14.6 Å². The summed E-state index contributed by atoms with van der Waals surface area (Å²) in [5.41, 5.74) is -0.374. The lowest BCUT2D eigenvalue weighted by molar-refractivity contribution is -0.159. The maximum absolute atomic E-state index is 12.5. The van der Waals surface area contributed by atoms with Gasteiger partial charge in [-0.2, -0.15) is 18.2 Å². The summed E-state index contributed by atoms with van der Waals surface area (Å²) >= 11 is 0. The summed E-state index contributed by atoms with van der Waals surface area (Å²) in [7, 11) is 0. The van der Waals surface area contributed by atoms with Gasteiger partial charge in [0.15, 0.2) is 0 Å². The van der Waals surface area contributed by atoms with Crippen molar-refractivity contribution in [1.82, 2.24) is 15.5 Å². The first-order chi connectivity index (χ1) is 13.9. The van der Waals surface area contributed by atoms with E-state index in [0.29, 0.717) is 0 Å². The minimum absolute atomic E-state index is 0.0726. The molecule has 0 aliphatic carbocycles. The first-order valence-electron chi connectivity index (χ1n) is 8.92. The van der Waals surface area contributed by atoms with Gasteiger partial charge in [0.25, 0.3) is 0 Å². The number of carbonyl (C=O) groups is 3. The van der Waals surface area contributed by atoms with E-state index in [1.165, 1.54) is 24.3 Å². The van der Waals surface area contributed by atoms with Crippen LogP contribution in [0.5, 0.6) is 0 Å². The van der Waals surface area contributed by atoms with Crippen molar-refractivity contribution in [3.8, 4) is 11.4 Å². The molecule has 0 radical (unpaired) electrons. The summed E-state index contributed by atoms with van der Waals surface area (Å²) in [6.07, 6.45) is -5.22. The maximum atomic E-state index is 12.5. The Morgan fingerprint density at radius 2 is 1.73 bits per heavy atom. The second-order valence-electron chi connectivity index (χ2n) is 7.28. The molecule has 0 unspecified atom stereocenters. The molecule has 11 heteroatoms. The molecule has 0 atom stereocenters. The minimum atomic E-state index is -4.76. The first-order valence-corrected chi connectivity index (χ1v) is 8.92. The third-order valence-corrected chi connectivity index (χ3v) is 3.58. The second kappa shape index (κ2) is 9.06. The number of amides is 1. The molecule has 0 bridgehead atoms. The summed E-state index contributed by atoms with van der Waals surface area (Å²) in [6, 6.07) is 5.21. The van der Waals surface area contributed by atoms with Crippen LogP contribution in [0, 0.1) is 0 Å². The largest absolute Gasteiger partial charge is 0.471 e. The average Bonchev–Trinajstić information content (AvgIpc) is 3.14. The average molecular weight is 427 g/mol. The van der Waals surface area contributed by atoms with Crippen molar-refractivity contribution >= 4 is 17.7 Å². The number of alkyl halides is 3. The van der Waals surface area contributed by atoms with Gasteiger partial charge in [0, 0.05) is 24.1 Å². The van der Waals surface area contributed by atoms with Crippen LogP contribution < -0.4 is 5.32 Å². The van der Waals surface area contributed by atoms with E-state index in [0.717, 1.165) is 0 Å². The number of nitrogens with zero attached hydrogens (tertiary/aromatic N) is 2. The lowest BCUT2D eigenvalue weighted by Crippen LogP contribution is -2.33. The lowest BCUT2D eigenvalue weighted by atomic mass is 10.0. The number of carbonyl (C=O) groups excluding carboxylic acids is 3. The summed E-state index contributed by atoms with van der Waals surface area (Å²) in [6.45, 7) is 5.31. The predicted octanol–water partition coefficient (Wildman–Crippen LogP) is 3.81. The highest BCUT2D eigenvalue weighted by molar-refractivity contribution is 6.43. The van der Waals surface area contributed by atoms with Crippen molar-refractivity contribution in [3.05, 3.63) is 35.7 Å². The molecule has 2 aromatic rings. The molecule has 0 saturated carbocycles. The van der Waals surface area contributed by atoms with Crippen molar-refractivity contribution in [2.24, 2.45) is 0 Å². The monoisotopic (exact) mass is 427 g/mol. The van der Waals surface area contributed by atoms with Crippen LogP contribution in [0.15, 0.2) is 28.8 Å². The van der Waals surface area contributed by atoms with Crippen molar-refractivity contribution in [2.75, 3.05) is 6.54 Å². The topological polar surface area (TPSA) is 111 Å². The molecule has 30 heavy (non-hydrogen) atoms. The van der Waals surface area contributed by atoms with Crippen molar-refractivity contribution in [2.45, 2.75) is 45.4 Å². The summed E-state index contributed by atoms with van der Waals surface area (Å²) in [5, 5.41) is 5.73. The van der Waals surface area contributed by atoms with Gasteiger partial charge in [-0.15, -0.1) is 0 Å². The Labute approximate surface area is 169 Å². The zero-order valence-electron chi connectivity index (χ0n) is 16.5. The Bertz CT molecular complexity index is 915. The Hall–Kier alpha value is -3.24. The third kappa shape index (κ3) is 6.68. The van der Waals surface area contributed by atoms with Crippen molar-refractivity contribution in [1.29, 1.82) is 0 Å². The number of ketones is 2. The van der Waals surface area contributed by atoms with Crippen LogP contribution in [0.4, 0.5) is 18.0 Å². The second-order valence-corrected chi connectivity index (χ2v) is 7.28. The molecule has 8 nitrogen and oxygen atoms in total. The Morgan fingerprint density at radius 1 is 1.10 bits per heavy atom. The van der Waals surface area contributed by atoms with E-state index in [2.05, 4.69) is 20.0 Å². The van der Waals surface area contributed by atoms with Gasteiger partial charge in [-0.3, -0.25) is 9.59 Å². The van der Waals surface area contributed by atoms with Gasteiger partial charge in [0.05, 0.1) is 0 Å². The molecule has 1 amide bonds. The number of Topliss-reactive ketones (excluding diaryl/α,β-unsaturated/α-hetero) is 2. The molecule has 1 aromatic carbocycles. The molecule has 0 spiro atoms. The number of nitrogens with one attached hydrogen (secondary N) is 1. The van der Waals surface area contributed by atoms with Crippen molar-refractivity contribution < 1.29 is 36.8 Å². The van der Waals surface area contributed by atoms with E-state index in [1.807, 2.05) is 0 Å². The van der Waals surface area contributed by atoms with E-state index in [9.17, 15) is 27.6 Å². The van der Waals surface area contributed by atoms with Crippen LogP contribution >= 0.6 is 0 Å². The van der Waals surface area contributed by atoms with Gasteiger partial charge in [-0.25, -0.2) is 4.79 Å². The smallest absolute Gasteiger partial charge is 0.444 e. The van der Waals surface area contributed by atoms with E-state index in [4.69, 9.17) is 4.74 Å². The summed E-state index contributed by atoms with van der Waals surface area (Å²) in [5.74, 6) is -3.18. The molecular weight excluding hydrogens is 407 g/mol. The highest BCUT2D eigenvalue weighted by Gasteiger charge is 2.38. The quantitative estimate of drug-likeness (QED) is 0.406. The molecule has 162 valence electrons. The zero-order chi connectivity index (χ0) is 22.5. The normalized spacial score (nSPS) is 11.8. The predicted molar refractivity (Wildman–Crippen MR) is 97.5 cm³/mol. The van der Waals surface area contributed by atoms with Gasteiger partial charge in [-0.1, -0.05) is 29.4 Å². The van der Waals surface area contributed by atoms with E-state index in [1.54, 1.807) is 20.8 Å². The van der Waals surface area contributed by atoms with E-state index in [-0.39, 0.29) is 36.3 Å². The van der Waals surface area contributed by atoms with Gasteiger partial charge in [-0.05, 0) is 27.2 Å². The number of halogens is 3. The molecule has 1 aromatic heterocycles. The number of aromatic nitrogens is 2. The fourth-order valence-corrected chi connectivity index (χ4v) is 2.25. The third-order valence-electron chi connectivity index (χ3n) is 3.58. The van der Waals surface area contributed by atoms with Crippen molar-refractivity contribution in [3.63, 3.8) is 0 Å². The van der Waals surface area contributed by atoms with Crippen LogP contribution in [-0.2, 0) is 15.7 Å². The SMILES string of the molecule is CC(C)(C)OC(=O)NCCCC(=O)C(=O)c1ccc(-c2noc(C(F)(F)F)n2)cc1. The number of rotatable bonds is 7. The highest BCUT2D eigenvalue weighted by Crippen LogP contribution is 2.29. The van der Waals surface area contributed by atoms with Crippen LogP contribution in [0.25, 0.3) is 11.4 Å². The van der Waals surface area contributed by atoms with Crippen LogP contribution in [0.3, 0.4) is 0 Å². The molecule has 0 aliphatic heterocycles. The Kier molecular flexibility index (Phi) is 6.96. The fourth-order valence-electron chi connectivity index (χ4n) is 2.25. The molecular formula is C19H20F3N3O5. The fraction of sp³-hybridized carbons (Fsp3) is 0.421. The number of alkyl carbamates (subject to hydrolysis) is 1. The van der Waals surface area contributed by atoms with Crippen LogP contribution in [-0.4, -0.2) is 39.9 Å². The maximum Gasteiger partial charge on any atom is 0.471 e. The molecule has 1 N–H and O–H groups in total. The first kappa shape index (κ1) is 23.0. The summed E-state index contributed by atoms with van der Waals surface area (Å²) < 4.78 is 46.7. The molecule has 0 saturated heterocycles. The minimum Gasteiger partial charge on any atom is -0.444 e. The lowest BCUT2D eigenvalue weighted by Gasteiger charge is -2.19. The van der Waals surface area contributed by atoms with Gasteiger partial charge in [0.2, 0.25) is 17.4 Å². The van der Waals surface area contributed by atoms with Gasteiger partial charge in [0.1, 0.15) is 5.60 Å². The highest BCUT2D eigenvalue weighted by atomic mass is 19.4. The molecule has 2 rings (SSSR count). The molecule has 0 aliphatic rings. The van der Waals surface area contributed by atoms with Crippen LogP contribution in [0.1, 0.15) is 49.9 Å². The number of hydrogen-bond donors (Lipinski definition) is 1. The van der Waals surface area contributed by atoms with E-state index < -0.39 is 35.3 Å². The zero-order valence-corrected chi connectivity index (χ0v) is 16.5. The molecule has 1 heterocycles. The molecule has 0 fully saturated rings. The number of ether oxygens (including phenoxy) is 1. The Morgan fingerprint density at radius 3 is 2.27 bits per heavy atom.